The summed E-state index contributed by atoms with van der Waals surface area (Å²) >= 11 is 6.08. The topological polar surface area (TPSA) is 90.0 Å². The second-order valence-corrected chi connectivity index (χ2v) is 12.4. The van der Waals surface area contributed by atoms with Crippen molar-refractivity contribution < 1.29 is 22.4 Å². The fourth-order valence-electron chi connectivity index (χ4n) is 4.14. The van der Waals surface area contributed by atoms with Crippen molar-refractivity contribution in [1.29, 1.82) is 0 Å². The van der Waals surface area contributed by atoms with Crippen LogP contribution in [-0.4, -0.2) is 62.2 Å². The number of anilines is 1. The lowest BCUT2D eigenvalue weighted by Gasteiger charge is -2.35. The number of halogens is 2. The summed E-state index contributed by atoms with van der Waals surface area (Å²) in [6.45, 7) is 3.07. The van der Waals surface area contributed by atoms with E-state index in [0.29, 0.717) is 17.0 Å². The highest BCUT2D eigenvalue weighted by Crippen LogP contribution is 2.24. The summed E-state index contributed by atoms with van der Waals surface area (Å²) in [7, 11) is -1.68. The molecule has 0 radical (unpaired) electrons. The molecule has 11 heteroatoms. The van der Waals surface area contributed by atoms with Crippen LogP contribution in [0.3, 0.4) is 0 Å². The molecular weight excluding hydrogens is 567 g/mol. The lowest BCUT2D eigenvalue weighted by atomic mass is 10.0. The average Bonchev–Trinajstić information content (AvgIpc) is 2.95. The summed E-state index contributed by atoms with van der Waals surface area (Å²) in [5.41, 5.74) is 1.23. The van der Waals surface area contributed by atoms with Crippen LogP contribution in [0.5, 0.6) is 0 Å². The van der Waals surface area contributed by atoms with Gasteiger partial charge in [-0.15, -0.1) is 0 Å². The third-order valence-electron chi connectivity index (χ3n) is 6.68. The number of carbonyl (C=O) groups is 2. The highest BCUT2D eigenvalue weighted by Gasteiger charge is 2.35. The van der Waals surface area contributed by atoms with Gasteiger partial charge in [0.2, 0.25) is 11.8 Å². The SMILES string of the molecule is CCC(C)NC(=O)C(Cc1ccccc1)N(Cc1ccc(Cl)cc1)C(=O)CN(c1ccccc1F)S(=O)(=O)N(C)C. The van der Waals surface area contributed by atoms with Gasteiger partial charge in [-0.05, 0) is 48.7 Å². The number of amides is 2. The predicted molar refractivity (Wildman–Crippen MR) is 160 cm³/mol. The largest absolute Gasteiger partial charge is 0.352 e. The summed E-state index contributed by atoms with van der Waals surface area (Å²) < 4.78 is 43.2. The number of rotatable bonds is 13. The van der Waals surface area contributed by atoms with Crippen LogP contribution in [0.4, 0.5) is 10.1 Å². The van der Waals surface area contributed by atoms with Crippen LogP contribution in [0, 0.1) is 5.82 Å². The van der Waals surface area contributed by atoms with Crippen LogP contribution < -0.4 is 9.62 Å². The summed E-state index contributed by atoms with van der Waals surface area (Å²) in [4.78, 5) is 29.2. The minimum atomic E-state index is -4.29. The molecule has 0 bridgehead atoms. The molecule has 0 spiro atoms. The van der Waals surface area contributed by atoms with Crippen molar-refractivity contribution in [1.82, 2.24) is 14.5 Å². The first-order valence-corrected chi connectivity index (χ1v) is 15.0. The van der Waals surface area contributed by atoms with Crippen LogP contribution in [0.1, 0.15) is 31.4 Å². The molecule has 2 amide bonds. The first-order chi connectivity index (χ1) is 19.4. The molecule has 220 valence electrons. The molecular formula is C30H36ClFN4O4S. The summed E-state index contributed by atoms with van der Waals surface area (Å²) in [5.74, 6) is -1.85. The Morgan fingerprint density at radius 3 is 2.12 bits per heavy atom. The monoisotopic (exact) mass is 602 g/mol. The predicted octanol–water partition coefficient (Wildman–Crippen LogP) is 4.65. The molecule has 41 heavy (non-hydrogen) atoms. The molecule has 0 aliphatic rings. The van der Waals surface area contributed by atoms with Gasteiger partial charge in [-0.3, -0.25) is 9.59 Å². The van der Waals surface area contributed by atoms with E-state index in [2.05, 4.69) is 5.32 Å². The molecule has 3 aromatic rings. The lowest BCUT2D eigenvalue weighted by Crippen LogP contribution is -2.55. The van der Waals surface area contributed by atoms with E-state index in [1.165, 1.54) is 37.2 Å². The fraction of sp³-hybridized carbons (Fsp3) is 0.333. The van der Waals surface area contributed by atoms with Gasteiger partial charge in [0.15, 0.2) is 0 Å². The fourth-order valence-corrected chi connectivity index (χ4v) is 5.33. The van der Waals surface area contributed by atoms with Gasteiger partial charge >= 0.3 is 10.2 Å². The molecule has 2 atom stereocenters. The number of hydrogen-bond acceptors (Lipinski definition) is 4. The van der Waals surface area contributed by atoms with Crippen LogP contribution >= 0.6 is 11.6 Å². The molecule has 0 saturated heterocycles. The van der Waals surface area contributed by atoms with Gasteiger partial charge in [0.25, 0.3) is 0 Å². The first kappa shape index (κ1) is 32.0. The Kier molecular flexibility index (Phi) is 11.3. The number of nitrogens with zero attached hydrogens (tertiary/aromatic N) is 3. The molecule has 0 aliphatic carbocycles. The van der Waals surface area contributed by atoms with Crippen molar-refractivity contribution in [3.05, 3.63) is 101 Å². The maximum atomic E-state index is 14.9. The van der Waals surface area contributed by atoms with Crippen molar-refractivity contribution in [2.24, 2.45) is 0 Å². The van der Waals surface area contributed by atoms with Gasteiger partial charge < -0.3 is 10.2 Å². The average molecular weight is 603 g/mol. The zero-order valence-electron chi connectivity index (χ0n) is 23.6. The Labute approximate surface area is 246 Å². The zero-order valence-corrected chi connectivity index (χ0v) is 25.2. The van der Waals surface area contributed by atoms with E-state index in [1.54, 1.807) is 24.3 Å². The van der Waals surface area contributed by atoms with Crippen molar-refractivity contribution in [3.8, 4) is 0 Å². The Morgan fingerprint density at radius 2 is 1.54 bits per heavy atom. The van der Waals surface area contributed by atoms with Gasteiger partial charge in [-0.1, -0.05) is 73.1 Å². The molecule has 8 nitrogen and oxygen atoms in total. The van der Waals surface area contributed by atoms with Gasteiger partial charge in [0.05, 0.1) is 5.69 Å². The highest BCUT2D eigenvalue weighted by atomic mass is 35.5. The minimum absolute atomic E-state index is 0.00540. The van der Waals surface area contributed by atoms with E-state index in [0.717, 1.165) is 20.2 Å². The van der Waals surface area contributed by atoms with Gasteiger partial charge in [-0.25, -0.2) is 8.70 Å². The molecule has 1 N–H and O–H groups in total. The number of nitrogens with one attached hydrogen (secondary N) is 1. The van der Waals surface area contributed by atoms with Crippen LogP contribution in [0.25, 0.3) is 0 Å². The van der Waals surface area contributed by atoms with Crippen molar-refractivity contribution in [3.63, 3.8) is 0 Å². The van der Waals surface area contributed by atoms with Gasteiger partial charge in [0, 0.05) is 38.1 Å². The number of para-hydroxylation sites is 1. The molecule has 2 unspecified atom stereocenters. The Balaban J connectivity index is 2.10. The second-order valence-electron chi connectivity index (χ2n) is 9.92. The molecule has 0 heterocycles. The molecule has 0 saturated carbocycles. The van der Waals surface area contributed by atoms with Gasteiger partial charge in [-0.2, -0.15) is 12.7 Å². The third-order valence-corrected chi connectivity index (χ3v) is 8.74. The third kappa shape index (κ3) is 8.51. The maximum Gasteiger partial charge on any atom is 0.304 e. The minimum Gasteiger partial charge on any atom is -0.352 e. The summed E-state index contributed by atoms with van der Waals surface area (Å²) in [5, 5.41) is 3.47. The molecule has 0 aliphatic heterocycles. The second kappa shape index (κ2) is 14.4. The number of benzene rings is 3. The van der Waals surface area contributed by atoms with E-state index in [4.69, 9.17) is 11.6 Å². The number of hydrogen-bond donors (Lipinski definition) is 1. The van der Waals surface area contributed by atoms with Crippen LogP contribution in [0.2, 0.25) is 5.02 Å². The highest BCUT2D eigenvalue weighted by molar-refractivity contribution is 7.90. The molecule has 0 aromatic heterocycles. The van der Waals surface area contributed by atoms with E-state index < -0.39 is 34.5 Å². The van der Waals surface area contributed by atoms with E-state index in [-0.39, 0.29) is 30.6 Å². The van der Waals surface area contributed by atoms with E-state index in [9.17, 15) is 22.4 Å². The maximum absolute atomic E-state index is 14.9. The van der Waals surface area contributed by atoms with E-state index >= 15 is 0 Å². The Bertz CT molecular complexity index is 1420. The standard InChI is InChI=1S/C30H36ClFN4O4S/c1-5-22(2)33-30(38)28(19-23-11-7-6-8-12-23)35(20-24-15-17-25(31)18-16-24)29(37)21-36(41(39,40)34(3)4)27-14-10-9-13-26(27)32/h6-18,22,28H,5,19-21H2,1-4H3,(H,33,38). The lowest BCUT2D eigenvalue weighted by molar-refractivity contribution is -0.140. The van der Waals surface area contributed by atoms with Gasteiger partial charge in [0.1, 0.15) is 18.4 Å². The van der Waals surface area contributed by atoms with Crippen molar-refractivity contribution >= 4 is 39.3 Å². The summed E-state index contributed by atoms with van der Waals surface area (Å²) in [6, 6.07) is 20.3. The van der Waals surface area contributed by atoms with Crippen LogP contribution in [0.15, 0.2) is 78.9 Å². The quantitative estimate of drug-likeness (QED) is 0.308. The van der Waals surface area contributed by atoms with Crippen molar-refractivity contribution in [2.75, 3.05) is 24.9 Å². The molecule has 3 rings (SSSR count). The first-order valence-electron chi connectivity index (χ1n) is 13.3. The summed E-state index contributed by atoms with van der Waals surface area (Å²) in [6.07, 6.45) is 0.861. The van der Waals surface area contributed by atoms with Crippen molar-refractivity contribution in [2.45, 2.75) is 45.3 Å². The number of carbonyl (C=O) groups excluding carboxylic acids is 2. The Hall–Kier alpha value is -3.47. The molecule has 3 aromatic carbocycles. The smallest absolute Gasteiger partial charge is 0.304 e. The normalized spacial score (nSPS) is 13.0. The van der Waals surface area contributed by atoms with E-state index in [1.807, 2.05) is 44.2 Å². The zero-order chi connectivity index (χ0) is 30.2. The Morgan fingerprint density at radius 1 is 0.927 bits per heavy atom. The van der Waals surface area contributed by atoms with Crippen LogP contribution in [-0.2, 0) is 32.8 Å². The molecule has 0 fully saturated rings.